The van der Waals surface area contributed by atoms with Crippen LogP contribution >= 0.6 is 11.8 Å². The molecule has 0 aliphatic carbocycles. The Morgan fingerprint density at radius 3 is 2.11 bits per heavy atom. The Morgan fingerprint density at radius 1 is 1.16 bits per heavy atom. The zero-order valence-corrected chi connectivity index (χ0v) is 11.3. The lowest BCUT2D eigenvalue weighted by Gasteiger charge is -2.15. The van der Waals surface area contributed by atoms with E-state index in [9.17, 15) is 13.2 Å². The van der Waals surface area contributed by atoms with Crippen LogP contribution in [-0.4, -0.2) is 37.4 Å². The highest BCUT2D eigenvalue weighted by Crippen LogP contribution is 2.28. The van der Waals surface area contributed by atoms with Crippen molar-refractivity contribution in [1.29, 1.82) is 0 Å². The molecule has 0 spiro atoms. The van der Waals surface area contributed by atoms with Crippen molar-refractivity contribution in [1.82, 2.24) is 0 Å². The fourth-order valence-corrected chi connectivity index (χ4v) is 2.23. The van der Waals surface area contributed by atoms with Gasteiger partial charge < -0.3 is 14.6 Å². The van der Waals surface area contributed by atoms with Crippen LogP contribution < -0.4 is 0 Å². The molecule has 1 rings (SSSR count). The summed E-state index contributed by atoms with van der Waals surface area (Å²) < 4.78 is 46.5. The lowest BCUT2D eigenvalue weighted by Crippen LogP contribution is -2.30. The van der Waals surface area contributed by atoms with Gasteiger partial charge in [0.2, 0.25) is 0 Å². The number of rotatable bonds is 6. The molecule has 0 aliphatic rings. The third-order valence-corrected chi connectivity index (χ3v) is 3.45. The number of aliphatic hydroxyl groups is 1. The lowest BCUT2D eigenvalue weighted by molar-refractivity contribution is -0.195. The van der Waals surface area contributed by atoms with E-state index in [-0.39, 0.29) is 0 Å². The number of methoxy groups -OCH3 is 2. The molecule has 0 aromatic heterocycles. The molecule has 19 heavy (non-hydrogen) atoms. The summed E-state index contributed by atoms with van der Waals surface area (Å²) in [6.07, 6.45) is -7.40. The van der Waals surface area contributed by atoms with Crippen LogP contribution in [-0.2, 0) is 9.47 Å². The average molecular weight is 296 g/mol. The first-order valence-corrected chi connectivity index (χ1v) is 6.40. The molecule has 0 fully saturated rings. The standard InChI is InChI=1S/C12H15F3O3S/c1-17-11(18-2)8-3-5-9(6-4-8)19-7-10(16)12(13,14)15/h3-6,10-11,16H,7H2,1-2H3. The van der Waals surface area contributed by atoms with Crippen LogP contribution in [0.1, 0.15) is 11.9 Å². The van der Waals surface area contributed by atoms with Gasteiger partial charge in [0.1, 0.15) is 0 Å². The monoisotopic (exact) mass is 296 g/mol. The molecule has 108 valence electrons. The Balaban J connectivity index is 2.58. The predicted octanol–water partition coefficient (Wildman–Crippen LogP) is 2.99. The normalized spacial score (nSPS) is 13.8. The molecule has 0 radical (unpaired) electrons. The zero-order valence-electron chi connectivity index (χ0n) is 10.5. The lowest BCUT2D eigenvalue weighted by atomic mass is 10.2. The fraction of sp³-hybridized carbons (Fsp3) is 0.500. The highest BCUT2D eigenvalue weighted by molar-refractivity contribution is 7.99. The number of halogens is 3. The number of ether oxygens (including phenoxy) is 2. The smallest absolute Gasteiger partial charge is 0.383 e. The minimum absolute atomic E-state index is 0.430. The molecule has 0 aliphatic heterocycles. The van der Waals surface area contributed by atoms with Gasteiger partial charge in [-0.3, -0.25) is 0 Å². The molecule has 1 unspecified atom stereocenters. The Kier molecular flexibility index (Phi) is 6.12. The van der Waals surface area contributed by atoms with E-state index >= 15 is 0 Å². The minimum Gasteiger partial charge on any atom is -0.383 e. The van der Waals surface area contributed by atoms with Gasteiger partial charge in [0, 0.05) is 30.4 Å². The van der Waals surface area contributed by atoms with Crippen molar-refractivity contribution in [3.63, 3.8) is 0 Å². The molecule has 0 saturated heterocycles. The van der Waals surface area contributed by atoms with Crippen molar-refractivity contribution in [3.8, 4) is 0 Å². The maximum Gasteiger partial charge on any atom is 0.415 e. The molecule has 1 aromatic carbocycles. The molecular weight excluding hydrogens is 281 g/mol. The molecule has 0 heterocycles. The molecule has 1 aromatic rings. The van der Waals surface area contributed by atoms with Crippen LogP contribution in [0.4, 0.5) is 13.2 Å². The summed E-state index contributed by atoms with van der Waals surface area (Å²) in [5.41, 5.74) is 0.769. The molecule has 0 amide bonds. The maximum atomic E-state index is 12.1. The summed E-state index contributed by atoms with van der Waals surface area (Å²) in [5.74, 6) is -0.430. The van der Waals surface area contributed by atoms with Crippen LogP contribution in [0, 0.1) is 0 Å². The van der Waals surface area contributed by atoms with E-state index in [0.29, 0.717) is 4.90 Å². The molecular formula is C12H15F3O3S. The van der Waals surface area contributed by atoms with Gasteiger partial charge in [0.05, 0.1) is 0 Å². The Bertz CT molecular complexity index is 377. The average Bonchev–Trinajstić information content (AvgIpc) is 2.37. The number of hydrogen-bond donors (Lipinski definition) is 1. The molecule has 1 atom stereocenters. The van der Waals surface area contributed by atoms with Crippen molar-refractivity contribution in [3.05, 3.63) is 29.8 Å². The number of alkyl halides is 3. The molecule has 7 heteroatoms. The predicted molar refractivity (Wildman–Crippen MR) is 66.0 cm³/mol. The van der Waals surface area contributed by atoms with Crippen molar-refractivity contribution in [2.24, 2.45) is 0 Å². The topological polar surface area (TPSA) is 38.7 Å². The van der Waals surface area contributed by atoms with Gasteiger partial charge in [-0.05, 0) is 12.1 Å². The van der Waals surface area contributed by atoms with E-state index in [4.69, 9.17) is 14.6 Å². The van der Waals surface area contributed by atoms with Crippen LogP contribution in [0.3, 0.4) is 0 Å². The summed E-state index contributed by atoms with van der Waals surface area (Å²) in [6.45, 7) is 0. The molecule has 1 N–H and O–H groups in total. The van der Waals surface area contributed by atoms with Crippen LogP contribution in [0.2, 0.25) is 0 Å². The van der Waals surface area contributed by atoms with E-state index in [0.717, 1.165) is 17.3 Å². The van der Waals surface area contributed by atoms with Crippen LogP contribution in [0.5, 0.6) is 0 Å². The van der Waals surface area contributed by atoms with Crippen LogP contribution in [0.15, 0.2) is 29.2 Å². The fourth-order valence-electron chi connectivity index (χ4n) is 1.36. The first-order valence-electron chi connectivity index (χ1n) is 5.41. The first kappa shape index (κ1) is 16.3. The van der Waals surface area contributed by atoms with Gasteiger partial charge in [0.15, 0.2) is 12.4 Å². The number of aliphatic hydroxyl groups excluding tert-OH is 1. The summed E-state index contributed by atoms with van der Waals surface area (Å²) in [4.78, 5) is 0.637. The number of hydrogen-bond acceptors (Lipinski definition) is 4. The number of thioether (sulfide) groups is 1. The van der Waals surface area contributed by atoms with Gasteiger partial charge in [0.25, 0.3) is 0 Å². The van der Waals surface area contributed by atoms with Crippen molar-refractivity contribution >= 4 is 11.8 Å². The Morgan fingerprint density at radius 2 is 1.68 bits per heavy atom. The quantitative estimate of drug-likeness (QED) is 0.647. The van der Waals surface area contributed by atoms with E-state index in [2.05, 4.69) is 0 Å². The SMILES string of the molecule is COC(OC)c1ccc(SCC(O)C(F)(F)F)cc1. The minimum atomic E-state index is -4.58. The van der Waals surface area contributed by atoms with E-state index < -0.39 is 24.3 Å². The molecule has 3 nitrogen and oxygen atoms in total. The maximum absolute atomic E-state index is 12.1. The first-order chi connectivity index (χ1) is 8.88. The van der Waals surface area contributed by atoms with Crippen molar-refractivity contribution in [2.45, 2.75) is 23.5 Å². The molecule has 0 bridgehead atoms. The van der Waals surface area contributed by atoms with Crippen molar-refractivity contribution < 1.29 is 27.8 Å². The van der Waals surface area contributed by atoms with Gasteiger partial charge >= 0.3 is 6.18 Å². The van der Waals surface area contributed by atoms with Gasteiger partial charge in [-0.15, -0.1) is 11.8 Å². The van der Waals surface area contributed by atoms with E-state index in [1.165, 1.54) is 14.2 Å². The second-order valence-corrected chi connectivity index (χ2v) is 4.83. The Hall–Kier alpha value is -0.760. The van der Waals surface area contributed by atoms with Gasteiger partial charge in [-0.1, -0.05) is 12.1 Å². The van der Waals surface area contributed by atoms with Crippen molar-refractivity contribution in [2.75, 3.05) is 20.0 Å². The highest BCUT2D eigenvalue weighted by atomic mass is 32.2. The summed E-state index contributed by atoms with van der Waals surface area (Å²) >= 11 is 0.939. The molecule has 0 saturated carbocycles. The Labute approximate surface area is 113 Å². The third-order valence-electron chi connectivity index (χ3n) is 2.37. The zero-order chi connectivity index (χ0) is 14.5. The van der Waals surface area contributed by atoms with E-state index in [1.54, 1.807) is 24.3 Å². The largest absolute Gasteiger partial charge is 0.415 e. The summed E-state index contributed by atoms with van der Waals surface area (Å²) in [6, 6.07) is 6.74. The van der Waals surface area contributed by atoms with Crippen LogP contribution in [0.25, 0.3) is 0 Å². The van der Waals surface area contributed by atoms with Gasteiger partial charge in [-0.2, -0.15) is 13.2 Å². The number of benzene rings is 1. The van der Waals surface area contributed by atoms with Gasteiger partial charge in [-0.25, -0.2) is 0 Å². The second kappa shape index (κ2) is 7.14. The van der Waals surface area contributed by atoms with E-state index in [1.807, 2.05) is 0 Å². The summed E-state index contributed by atoms with van der Waals surface area (Å²) in [5, 5.41) is 8.88. The second-order valence-electron chi connectivity index (χ2n) is 3.74. The highest BCUT2D eigenvalue weighted by Gasteiger charge is 2.37. The summed E-state index contributed by atoms with van der Waals surface area (Å²) in [7, 11) is 2.99. The third kappa shape index (κ3) is 5.02.